The number of nitrogens with zero attached hydrogens (tertiary/aromatic N) is 1. The Bertz CT molecular complexity index is 210. The van der Waals surface area contributed by atoms with E-state index in [9.17, 15) is 4.79 Å². The monoisotopic (exact) mass is 179 g/mol. The van der Waals surface area contributed by atoms with Crippen molar-refractivity contribution in [3.63, 3.8) is 0 Å². The summed E-state index contributed by atoms with van der Waals surface area (Å²) in [6.45, 7) is 8.25. The van der Waals surface area contributed by atoms with Crippen molar-refractivity contribution < 1.29 is 4.79 Å². The molecule has 1 rings (SSSR count). The zero-order valence-electron chi connectivity index (χ0n) is 8.04. The van der Waals surface area contributed by atoms with Crippen molar-refractivity contribution in [1.82, 2.24) is 4.90 Å². The van der Waals surface area contributed by atoms with Crippen LogP contribution in [-0.4, -0.2) is 23.4 Å². The Balaban J connectivity index is 2.40. The normalized spacial score (nSPS) is 22.0. The molecule has 0 aromatic carbocycles. The summed E-state index contributed by atoms with van der Waals surface area (Å²) in [5, 5.41) is 0. The third kappa shape index (κ3) is 2.44. The van der Waals surface area contributed by atoms with Crippen molar-refractivity contribution in [2.75, 3.05) is 6.54 Å². The summed E-state index contributed by atoms with van der Waals surface area (Å²) >= 11 is 0. The molecule has 13 heavy (non-hydrogen) atoms. The largest absolute Gasteiger partial charge is 0.336 e. The van der Waals surface area contributed by atoms with Crippen LogP contribution < -0.4 is 0 Å². The Labute approximate surface area is 79.9 Å². The predicted octanol–water partition coefficient (Wildman–Crippen LogP) is 2.13. The highest BCUT2D eigenvalue weighted by Crippen LogP contribution is 2.19. The summed E-state index contributed by atoms with van der Waals surface area (Å²) < 4.78 is 0. The highest BCUT2D eigenvalue weighted by molar-refractivity contribution is 5.79. The highest BCUT2D eigenvalue weighted by atomic mass is 16.2. The fourth-order valence-corrected chi connectivity index (χ4v) is 1.70. The van der Waals surface area contributed by atoms with E-state index < -0.39 is 0 Å². The van der Waals surface area contributed by atoms with Crippen molar-refractivity contribution in [3.05, 3.63) is 25.3 Å². The van der Waals surface area contributed by atoms with Crippen LogP contribution >= 0.6 is 0 Å². The molecule has 0 radical (unpaired) electrons. The Kier molecular flexibility index (Phi) is 3.74. The maximum absolute atomic E-state index is 11.4. The van der Waals surface area contributed by atoms with Crippen LogP contribution in [-0.2, 0) is 4.79 Å². The fraction of sp³-hybridized carbons (Fsp3) is 0.545. The molecule has 0 saturated carbocycles. The molecule has 1 heterocycles. The van der Waals surface area contributed by atoms with Crippen molar-refractivity contribution in [1.29, 1.82) is 0 Å². The van der Waals surface area contributed by atoms with Gasteiger partial charge in [-0.05, 0) is 19.3 Å². The summed E-state index contributed by atoms with van der Waals surface area (Å²) in [4.78, 5) is 13.3. The summed E-state index contributed by atoms with van der Waals surface area (Å²) in [7, 11) is 0. The van der Waals surface area contributed by atoms with Gasteiger partial charge in [-0.15, -0.1) is 13.2 Å². The van der Waals surface area contributed by atoms with Crippen molar-refractivity contribution >= 4 is 5.91 Å². The molecule has 1 amide bonds. The minimum Gasteiger partial charge on any atom is -0.336 e. The number of carbonyl (C=O) groups excluding carboxylic acids is 1. The molecular weight excluding hydrogens is 162 g/mol. The third-order valence-corrected chi connectivity index (χ3v) is 2.45. The first-order valence-corrected chi connectivity index (χ1v) is 4.82. The van der Waals surface area contributed by atoms with E-state index in [1.54, 1.807) is 0 Å². The van der Waals surface area contributed by atoms with Gasteiger partial charge in [-0.1, -0.05) is 12.2 Å². The summed E-state index contributed by atoms with van der Waals surface area (Å²) in [6, 6.07) is 0.275. The van der Waals surface area contributed by atoms with Crippen molar-refractivity contribution in [3.8, 4) is 0 Å². The lowest BCUT2D eigenvalue weighted by molar-refractivity contribution is -0.128. The van der Waals surface area contributed by atoms with Crippen LogP contribution in [0.15, 0.2) is 25.3 Å². The molecule has 1 atom stereocenters. The van der Waals surface area contributed by atoms with E-state index in [0.717, 1.165) is 25.8 Å². The van der Waals surface area contributed by atoms with Gasteiger partial charge in [-0.3, -0.25) is 4.79 Å². The lowest BCUT2D eigenvalue weighted by atomic mass is 10.2. The first kappa shape index (κ1) is 10.0. The maximum Gasteiger partial charge on any atom is 0.223 e. The number of likely N-dealkylation sites (tertiary alicyclic amines) is 1. The second kappa shape index (κ2) is 4.85. The van der Waals surface area contributed by atoms with Crippen LogP contribution in [0, 0.1) is 0 Å². The highest BCUT2D eigenvalue weighted by Gasteiger charge is 2.27. The topological polar surface area (TPSA) is 20.3 Å². The predicted molar refractivity (Wildman–Crippen MR) is 54.4 cm³/mol. The molecule has 0 aromatic rings. The molecule has 0 aliphatic carbocycles. The second-order valence-electron chi connectivity index (χ2n) is 3.36. The second-order valence-corrected chi connectivity index (χ2v) is 3.36. The number of unbranched alkanes of at least 4 members (excludes halogenated alkanes) is 1. The lowest BCUT2D eigenvalue weighted by Gasteiger charge is -2.21. The fourth-order valence-electron chi connectivity index (χ4n) is 1.70. The number of carbonyl (C=O) groups is 1. The number of hydrogen-bond acceptors (Lipinski definition) is 1. The molecule has 0 bridgehead atoms. The average Bonchev–Trinajstić information content (AvgIpc) is 2.48. The van der Waals surface area contributed by atoms with E-state index in [1.165, 1.54) is 0 Å². The standard InChI is InChI=1S/C11H17NO/c1-3-5-6-9-12-10(4-2)7-8-11(12)13/h3-4,10H,1-2,5-9H2/t10-/m0/s1. The summed E-state index contributed by atoms with van der Waals surface area (Å²) in [5.74, 6) is 0.272. The van der Waals surface area contributed by atoms with Crippen LogP contribution in [0.4, 0.5) is 0 Å². The Morgan fingerprint density at radius 2 is 2.31 bits per heavy atom. The summed E-state index contributed by atoms with van der Waals surface area (Å²) in [5.41, 5.74) is 0. The smallest absolute Gasteiger partial charge is 0.223 e. The third-order valence-electron chi connectivity index (χ3n) is 2.45. The van der Waals surface area contributed by atoms with E-state index in [-0.39, 0.29) is 11.9 Å². The number of amides is 1. The molecular formula is C11H17NO. The maximum atomic E-state index is 11.4. The minimum atomic E-state index is 0.272. The molecule has 0 unspecified atom stereocenters. The van der Waals surface area contributed by atoms with Gasteiger partial charge >= 0.3 is 0 Å². The van der Waals surface area contributed by atoms with E-state index >= 15 is 0 Å². The van der Waals surface area contributed by atoms with E-state index in [1.807, 2.05) is 17.1 Å². The van der Waals surface area contributed by atoms with Gasteiger partial charge in [0.05, 0.1) is 6.04 Å². The van der Waals surface area contributed by atoms with Gasteiger partial charge in [0.25, 0.3) is 0 Å². The van der Waals surface area contributed by atoms with Crippen LogP contribution in [0.2, 0.25) is 0 Å². The average molecular weight is 179 g/mol. The van der Waals surface area contributed by atoms with E-state index in [0.29, 0.717) is 6.42 Å². The Hall–Kier alpha value is -1.05. The minimum absolute atomic E-state index is 0.272. The van der Waals surface area contributed by atoms with E-state index in [4.69, 9.17) is 0 Å². The molecule has 1 fully saturated rings. The van der Waals surface area contributed by atoms with Gasteiger partial charge < -0.3 is 4.90 Å². The number of allylic oxidation sites excluding steroid dienone is 1. The Morgan fingerprint density at radius 3 is 2.92 bits per heavy atom. The molecule has 72 valence electrons. The number of hydrogen-bond donors (Lipinski definition) is 0. The van der Waals surface area contributed by atoms with Crippen molar-refractivity contribution in [2.45, 2.75) is 31.7 Å². The summed E-state index contributed by atoms with van der Waals surface area (Å²) in [6.07, 6.45) is 7.39. The van der Waals surface area contributed by atoms with E-state index in [2.05, 4.69) is 13.2 Å². The molecule has 2 heteroatoms. The Morgan fingerprint density at radius 1 is 1.54 bits per heavy atom. The van der Waals surface area contributed by atoms with Crippen molar-refractivity contribution in [2.24, 2.45) is 0 Å². The van der Waals surface area contributed by atoms with Gasteiger partial charge in [0.2, 0.25) is 5.91 Å². The molecule has 1 aliphatic heterocycles. The number of rotatable bonds is 5. The van der Waals surface area contributed by atoms with Crippen LogP contribution in [0.25, 0.3) is 0 Å². The molecule has 0 aromatic heterocycles. The van der Waals surface area contributed by atoms with Gasteiger partial charge in [0.1, 0.15) is 0 Å². The van der Waals surface area contributed by atoms with Gasteiger partial charge in [-0.2, -0.15) is 0 Å². The zero-order valence-corrected chi connectivity index (χ0v) is 8.04. The molecule has 1 aliphatic rings. The molecule has 0 spiro atoms. The van der Waals surface area contributed by atoms with Gasteiger partial charge in [0.15, 0.2) is 0 Å². The van der Waals surface area contributed by atoms with Crippen LogP contribution in [0.3, 0.4) is 0 Å². The molecule has 1 saturated heterocycles. The van der Waals surface area contributed by atoms with Gasteiger partial charge in [-0.25, -0.2) is 0 Å². The molecule has 2 nitrogen and oxygen atoms in total. The first-order chi connectivity index (χ1) is 6.29. The zero-order chi connectivity index (χ0) is 9.68. The first-order valence-electron chi connectivity index (χ1n) is 4.82. The van der Waals surface area contributed by atoms with Gasteiger partial charge in [0, 0.05) is 13.0 Å². The van der Waals surface area contributed by atoms with Crippen LogP contribution in [0.5, 0.6) is 0 Å². The molecule has 0 N–H and O–H groups in total. The van der Waals surface area contributed by atoms with Crippen LogP contribution in [0.1, 0.15) is 25.7 Å². The quantitative estimate of drug-likeness (QED) is 0.467. The SMILES string of the molecule is C=CCCCN1C(=O)CC[C@@H]1C=C. The lowest BCUT2D eigenvalue weighted by Crippen LogP contribution is -2.32.